The fourth-order valence-electron chi connectivity index (χ4n) is 11.4. The summed E-state index contributed by atoms with van der Waals surface area (Å²) in [6.45, 7) is 2.89. The normalized spacial score (nSPS) is 11.2. The first-order valence-corrected chi connectivity index (χ1v) is 31.4. The van der Waals surface area contributed by atoms with Gasteiger partial charge in [0.05, 0.1) is 56.3 Å². The summed E-state index contributed by atoms with van der Waals surface area (Å²) in [6, 6.07) is 79.9. The van der Waals surface area contributed by atoms with E-state index in [-0.39, 0.29) is 33.9 Å². The molecule has 13 rings (SSSR count). The monoisotopic (exact) mass is 1230 g/mol. The Balaban J connectivity index is 0.614. The Kier molecular flexibility index (Phi) is 18.9. The Bertz CT molecular complexity index is 4140. The largest absolute Gasteiger partial charge is 0.494 e. The third-order valence-electron chi connectivity index (χ3n) is 16.1. The van der Waals surface area contributed by atoms with Crippen LogP contribution in [0.2, 0.25) is 0 Å². The average molecular weight is 1230 g/mol. The van der Waals surface area contributed by atoms with Crippen LogP contribution in [0.5, 0.6) is 51.7 Å². The highest BCUT2D eigenvalue weighted by Crippen LogP contribution is 2.39. The molecule has 0 heterocycles. The number of carbonyl (C=O) groups is 3. The van der Waals surface area contributed by atoms with E-state index in [1.54, 1.807) is 72.8 Å². The van der Waals surface area contributed by atoms with Crippen LogP contribution in [-0.2, 0) is 0 Å². The van der Waals surface area contributed by atoms with Gasteiger partial charge in [0.15, 0.2) is 0 Å². The first kappa shape index (κ1) is 60.5. The van der Waals surface area contributed by atoms with Crippen LogP contribution >= 0.6 is 0 Å². The summed E-state index contributed by atoms with van der Waals surface area (Å²) in [5, 5.41) is 13.2. The van der Waals surface area contributed by atoms with Gasteiger partial charge in [-0.2, -0.15) is 0 Å². The maximum absolute atomic E-state index is 13.7. The molecule has 0 aliphatic carbocycles. The summed E-state index contributed by atoms with van der Waals surface area (Å²) in [5.41, 5.74) is 0.693. The average Bonchev–Trinajstić information content (AvgIpc) is 0.855. The fourth-order valence-corrected chi connectivity index (χ4v) is 11.4. The molecule has 0 saturated carbocycles. The standard InChI is InChI=1S/C81H66O12/c82-79(55-31-37-64(38-32-55)85-43-13-16-46-88-76-70-25-7-1-19-58(70)49-59-20-2-8-26-71(59)76)91-67-52-68(92-80(83)56-33-39-65(40-34-56)86-44-14-17-47-89-77-72-27-9-3-21-60(72)50-61-22-4-10-28-73(61)77)54-69(53-67)93-81(84)57-35-41-66(42-36-57)87-45-15-18-48-90-78-74-29-11-5-23-62(74)51-63-24-6-12-30-75(63)78/h1-12,19-42,49-54H,13-18,43-48H2. The summed E-state index contributed by atoms with van der Waals surface area (Å²) in [6.07, 6.45) is 4.53. The number of esters is 3. The Labute approximate surface area is 538 Å². The molecule has 0 aromatic heterocycles. The van der Waals surface area contributed by atoms with E-state index in [0.717, 1.165) is 120 Å². The molecule has 93 heavy (non-hydrogen) atoms. The highest BCUT2D eigenvalue weighted by Gasteiger charge is 2.19. The van der Waals surface area contributed by atoms with E-state index < -0.39 is 17.9 Å². The maximum Gasteiger partial charge on any atom is 0.343 e. The van der Waals surface area contributed by atoms with E-state index in [9.17, 15) is 14.4 Å². The molecule has 13 aromatic carbocycles. The molecule has 0 amide bonds. The minimum absolute atomic E-state index is 0.0358. The maximum atomic E-state index is 13.7. The molecule has 0 aliphatic rings. The summed E-state index contributed by atoms with van der Waals surface area (Å²) in [5.74, 6) is 2.16. The van der Waals surface area contributed by atoms with E-state index in [4.69, 9.17) is 42.6 Å². The van der Waals surface area contributed by atoms with E-state index in [2.05, 4.69) is 91.0 Å². The third kappa shape index (κ3) is 14.8. The molecule has 0 N–H and O–H groups in total. The zero-order chi connectivity index (χ0) is 63.1. The smallest absolute Gasteiger partial charge is 0.343 e. The second-order valence-electron chi connectivity index (χ2n) is 22.5. The van der Waals surface area contributed by atoms with Gasteiger partial charge in [-0.1, -0.05) is 146 Å². The number of unbranched alkanes of at least 4 members (excludes halogenated alkanes) is 3. The van der Waals surface area contributed by atoms with Crippen LogP contribution in [0.1, 0.15) is 69.6 Å². The van der Waals surface area contributed by atoms with Crippen LogP contribution in [0, 0.1) is 0 Å². The van der Waals surface area contributed by atoms with Gasteiger partial charge in [0.2, 0.25) is 0 Å². The van der Waals surface area contributed by atoms with Crippen molar-refractivity contribution in [1.82, 2.24) is 0 Å². The van der Waals surface area contributed by atoms with E-state index in [0.29, 0.717) is 56.9 Å². The molecular weight excluding hydrogens is 1160 g/mol. The summed E-state index contributed by atoms with van der Waals surface area (Å²) in [4.78, 5) is 41.2. The van der Waals surface area contributed by atoms with Crippen molar-refractivity contribution in [3.8, 4) is 51.7 Å². The first-order chi connectivity index (χ1) is 45.8. The molecule has 0 saturated heterocycles. The van der Waals surface area contributed by atoms with E-state index in [1.807, 2.05) is 72.8 Å². The molecule has 0 aliphatic heterocycles. The fraction of sp³-hybridized carbons (Fsp3) is 0.148. The predicted octanol–water partition coefficient (Wildman–Crippen LogP) is 19.0. The van der Waals surface area contributed by atoms with Crippen LogP contribution in [0.15, 0.2) is 255 Å². The van der Waals surface area contributed by atoms with Gasteiger partial charge in [-0.3, -0.25) is 0 Å². The molecule has 0 atom stereocenters. The van der Waals surface area contributed by atoms with Crippen molar-refractivity contribution in [3.05, 3.63) is 271 Å². The second-order valence-corrected chi connectivity index (χ2v) is 22.5. The second kappa shape index (κ2) is 29.1. The topological polar surface area (TPSA) is 134 Å². The van der Waals surface area contributed by atoms with Crippen molar-refractivity contribution in [3.63, 3.8) is 0 Å². The first-order valence-electron chi connectivity index (χ1n) is 31.4. The van der Waals surface area contributed by atoms with Gasteiger partial charge in [-0.25, -0.2) is 14.4 Å². The molecular formula is C81H66O12. The minimum atomic E-state index is -0.705. The lowest BCUT2D eigenvalue weighted by Gasteiger charge is -2.13. The number of carbonyl (C=O) groups excluding carboxylic acids is 3. The Morgan fingerprint density at radius 2 is 0.419 bits per heavy atom. The lowest BCUT2D eigenvalue weighted by Crippen LogP contribution is -2.12. The highest BCUT2D eigenvalue weighted by molar-refractivity contribution is 6.07. The van der Waals surface area contributed by atoms with Crippen molar-refractivity contribution in [2.45, 2.75) is 38.5 Å². The third-order valence-corrected chi connectivity index (χ3v) is 16.1. The zero-order valence-corrected chi connectivity index (χ0v) is 51.1. The summed E-state index contributed by atoms with van der Waals surface area (Å²) < 4.78 is 54.9. The Hall–Kier alpha value is -11.4. The van der Waals surface area contributed by atoms with Gasteiger partial charge in [-0.05, 0) is 162 Å². The van der Waals surface area contributed by atoms with Gasteiger partial charge in [0.25, 0.3) is 0 Å². The van der Waals surface area contributed by atoms with Gasteiger partial charge < -0.3 is 42.6 Å². The number of ether oxygens (including phenoxy) is 9. The Morgan fingerprint density at radius 3 is 0.645 bits per heavy atom. The van der Waals surface area contributed by atoms with Crippen LogP contribution < -0.4 is 42.6 Å². The van der Waals surface area contributed by atoms with Gasteiger partial charge in [-0.15, -0.1) is 0 Å². The number of rotatable bonds is 27. The van der Waals surface area contributed by atoms with Gasteiger partial charge in [0.1, 0.15) is 51.7 Å². The SMILES string of the molecule is O=C(Oc1cc(OC(=O)c2ccc(OCCCCOc3c4ccccc4cc4ccccc34)cc2)cc(OC(=O)c2ccc(OCCCCOc3c4ccccc4cc4ccccc34)cc2)c1)c1ccc(OCCCCOc2c3ccccc3cc3ccccc23)cc1. The van der Waals surface area contributed by atoms with Crippen molar-refractivity contribution in [1.29, 1.82) is 0 Å². The van der Waals surface area contributed by atoms with Crippen molar-refractivity contribution in [2.75, 3.05) is 39.6 Å². The van der Waals surface area contributed by atoms with Crippen molar-refractivity contribution < 1.29 is 57.0 Å². The number of hydrogen-bond acceptors (Lipinski definition) is 12. The van der Waals surface area contributed by atoms with Gasteiger partial charge in [0, 0.05) is 50.5 Å². The van der Waals surface area contributed by atoms with E-state index >= 15 is 0 Å². The van der Waals surface area contributed by atoms with Crippen molar-refractivity contribution >= 4 is 82.5 Å². The highest BCUT2D eigenvalue weighted by atomic mass is 16.6. The lowest BCUT2D eigenvalue weighted by atomic mass is 10.0. The molecule has 0 unspecified atom stereocenters. The molecule has 0 spiro atoms. The van der Waals surface area contributed by atoms with Gasteiger partial charge >= 0.3 is 17.9 Å². The summed E-state index contributed by atoms with van der Waals surface area (Å²) >= 11 is 0. The zero-order valence-electron chi connectivity index (χ0n) is 51.1. The Morgan fingerprint density at radius 1 is 0.215 bits per heavy atom. The molecule has 0 radical (unpaired) electrons. The van der Waals surface area contributed by atoms with Crippen molar-refractivity contribution in [2.24, 2.45) is 0 Å². The minimum Gasteiger partial charge on any atom is -0.494 e. The molecule has 13 aromatic rings. The summed E-state index contributed by atoms with van der Waals surface area (Å²) in [7, 11) is 0. The quantitative estimate of drug-likeness (QED) is 0.0210. The van der Waals surface area contributed by atoms with Crippen LogP contribution in [0.4, 0.5) is 0 Å². The van der Waals surface area contributed by atoms with Crippen LogP contribution in [0.3, 0.4) is 0 Å². The molecule has 12 nitrogen and oxygen atoms in total. The number of benzene rings is 13. The molecule has 462 valence electrons. The molecule has 12 heteroatoms. The molecule has 0 fully saturated rings. The van der Waals surface area contributed by atoms with Crippen LogP contribution in [0.25, 0.3) is 64.6 Å². The number of hydrogen-bond donors (Lipinski definition) is 0. The van der Waals surface area contributed by atoms with Crippen LogP contribution in [-0.4, -0.2) is 57.5 Å². The lowest BCUT2D eigenvalue weighted by molar-refractivity contribution is 0.0730. The molecule has 0 bridgehead atoms. The van der Waals surface area contributed by atoms with E-state index in [1.165, 1.54) is 18.2 Å². The number of fused-ring (bicyclic) bond motifs is 6. The predicted molar refractivity (Wildman–Crippen MR) is 366 cm³/mol.